The first kappa shape index (κ1) is 19.5. The van der Waals surface area contributed by atoms with Crippen molar-refractivity contribution in [1.29, 1.82) is 0 Å². The number of hydrazone groups is 1. The first-order chi connectivity index (χ1) is 14.5. The molecule has 1 saturated heterocycles. The molecule has 0 spiro atoms. The van der Waals surface area contributed by atoms with E-state index in [2.05, 4.69) is 15.5 Å². The summed E-state index contributed by atoms with van der Waals surface area (Å²) in [6, 6.07) is 16.7. The molecule has 30 heavy (non-hydrogen) atoms. The van der Waals surface area contributed by atoms with E-state index in [1.807, 2.05) is 66.1 Å². The van der Waals surface area contributed by atoms with Gasteiger partial charge in [0, 0.05) is 14.1 Å². The van der Waals surface area contributed by atoms with Crippen LogP contribution in [0.2, 0.25) is 0 Å². The number of nitrogens with zero attached hydrogens (tertiary/aromatic N) is 5. The van der Waals surface area contributed by atoms with Crippen molar-refractivity contribution in [3.05, 3.63) is 71.3 Å². The van der Waals surface area contributed by atoms with Gasteiger partial charge in [0.1, 0.15) is 0 Å². The van der Waals surface area contributed by atoms with Gasteiger partial charge in [-0.2, -0.15) is 5.43 Å². The first-order valence-corrected chi connectivity index (χ1v) is 9.63. The molecule has 3 amide bonds. The van der Waals surface area contributed by atoms with Gasteiger partial charge in [0.15, 0.2) is 0 Å². The molecule has 4 rings (SSSR count). The molecule has 0 radical (unpaired) electrons. The Kier molecular flexibility index (Phi) is 5.14. The molecule has 2 aromatic carbocycles. The number of amidine groups is 1. The topological polar surface area (TPSA) is 80.4 Å². The zero-order valence-corrected chi connectivity index (χ0v) is 17.1. The van der Waals surface area contributed by atoms with Crippen LogP contribution in [0.25, 0.3) is 0 Å². The SMILES string of the molecule is Cc1ccc(C[N+]2=C(N/N=C/c3ccccc3)N=C3C2C(=O)N(C)C(=O)N3C)cc1. The number of hydrogen-bond acceptors (Lipinski definition) is 5. The summed E-state index contributed by atoms with van der Waals surface area (Å²) in [6.07, 6.45) is 1.68. The van der Waals surface area contributed by atoms with Crippen molar-refractivity contribution >= 4 is 29.9 Å². The Bertz CT molecular complexity index is 1070. The van der Waals surface area contributed by atoms with E-state index in [-0.39, 0.29) is 5.91 Å². The number of amides is 3. The van der Waals surface area contributed by atoms with Gasteiger partial charge >= 0.3 is 12.0 Å². The average Bonchev–Trinajstić information content (AvgIpc) is 3.11. The molecule has 0 aromatic heterocycles. The third kappa shape index (κ3) is 3.59. The minimum atomic E-state index is -0.687. The van der Waals surface area contributed by atoms with Crippen LogP contribution in [0.1, 0.15) is 16.7 Å². The third-order valence-electron chi connectivity index (χ3n) is 5.18. The number of rotatable bonds is 4. The number of guanidine groups is 1. The first-order valence-electron chi connectivity index (χ1n) is 9.63. The Balaban J connectivity index is 1.68. The summed E-state index contributed by atoms with van der Waals surface area (Å²) in [6.45, 7) is 2.47. The lowest BCUT2D eigenvalue weighted by Gasteiger charge is -2.31. The van der Waals surface area contributed by atoms with Crippen molar-refractivity contribution in [1.82, 2.24) is 15.2 Å². The zero-order chi connectivity index (χ0) is 21.3. The van der Waals surface area contributed by atoms with Crippen LogP contribution in [0.5, 0.6) is 0 Å². The molecule has 1 N–H and O–H groups in total. The Morgan fingerprint density at radius 3 is 2.47 bits per heavy atom. The Morgan fingerprint density at radius 2 is 1.77 bits per heavy atom. The van der Waals surface area contributed by atoms with Crippen LogP contribution in [-0.4, -0.2) is 64.5 Å². The van der Waals surface area contributed by atoms with E-state index in [1.54, 1.807) is 13.3 Å². The molecule has 2 aliphatic heterocycles. The van der Waals surface area contributed by atoms with Crippen LogP contribution < -0.4 is 5.43 Å². The third-order valence-corrected chi connectivity index (χ3v) is 5.18. The highest BCUT2D eigenvalue weighted by Gasteiger charge is 2.51. The summed E-state index contributed by atoms with van der Waals surface area (Å²) < 4.78 is 1.84. The summed E-state index contributed by atoms with van der Waals surface area (Å²) in [5.74, 6) is 0.506. The standard InChI is InChI=1S/C22H22N6O2/c1-15-9-11-17(12-10-15)14-28-18-19(26(2)22(30)27(3)20(18)29)24-21(28)25-23-13-16-7-5-4-6-8-16/h4-13,18H,14H2,1-3H3/p+1/b23-13+. The number of benzene rings is 2. The highest BCUT2D eigenvalue weighted by molar-refractivity contribution is 6.22. The lowest BCUT2D eigenvalue weighted by molar-refractivity contribution is -0.553. The van der Waals surface area contributed by atoms with E-state index in [9.17, 15) is 9.59 Å². The van der Waals surface area contributed by atoms with Crippen molar-refractivity contribution in [2.45, 2.75) is 19.5 Å². The Labute approximate surface area is 174 Å². The number of nitrogens with one attached hydrogen (secondary N) is 1. The highest BCUT2D eigenvalue weighted by Crippen LogP contribution is 2.20. The molecule has 0 saturated carbocycles. The molecule has 2 aliphatic rings. The molecule has 1 atom stereocenters. The molecule has 1 fully saturated rings. The number of imide groups is 1. The van der Waals surface area contributed by atoms with E-state index < -0.39 is 12.1 Å². The van der Waals surface area contributed by atoms with E-state index in [0.717, 1.165) is 21.6 Å². The van der Waals surface area contributed by atoms with Crippen molar-refractivity contribution in [2.75, 3.05) is 14.1 Å². The fraction of sp³-hybridized carbons (Fsp3) is 0.227. The Morgan fingerprint density at radius 1 is 1.07 bits per heavy atom. The van der Waals surface area contributed by atoms with Crippen molar-refractivity contribution in [3.63, 3.8) is 0 Å². The summed E-state index contributed by atoms with van der Waals surface area (Å²) in [5.41, 5.74) is 6.07. The summed E-state index contributed by atoms with van der Waals surface area (Å²) in [4.78, 5) is 32.4. The van der Waals surface area contributed by atoms with Gasteiger partial charge < -0.3 is 0 Å². The molecule has 8 nitrogen and oxygen atoms in total. The van der Waals surface area contributed by atoms with Crippen LogP contribution in [0.4, 0.5) is 4.79 Å². The predicted octanol–water partition coefficient (Wildman–Crippen LogP) is 1.79. The van der Waals surface area contributed by atoms with Crippen LogP contribution in [0.15, 0.2) is 64.7 Å². The number of likely N-dealkylation sites (N-methyl/N-ethyl adjacent to an activating group) is 2. The minimum absolute atomic E-state index is 0.312. The minimum Gasteiger partial charge on any atom is -0.270 e. The van der Waals surface area contributed by atoms with E-state index in [4.69, 9.17) is 0 Å². The number of carbonyl (C=O) groups is 2. The normalized spacial score (nSPS) is 18.9. The molecule has 2 heterocycles. The molecule has 2 aromatic rings. The monoisotopic (exact) mass is 403 g/mol. The number of aliphatic imine (C=N–C) groups is 1. The van der Waals surface area contributed by atoms with Crippen LogP contribution in [0.3, 0.4) is 0 Å². The van der Waals surface area contributed by atoms with Gasteiger partial charge in [0.05, 0.1) is 12.8 Å². The highest BCUT2D eigenvalue weighted by atomic mass is 16.2. The van der Waals surface area contributed by atoms with E-state index in [1.165, 1.54) is 11.9 Å². The molecule has 152 valence electrons. The second-order valence-corrected chi connectivity index (χ2v) is 7.33. The van der Waals surface area contributed by atoms with Crippen molar-refractivity contribution < 1.29 is 14.2 Å². The van der Waals surface area contributed by atoms with Gasteiger partial charge in [-0.05, 0) is 18.1 Å². The maximum Gasteiger partial charge on any atom is 0.414 e. The van der Waals surface area contributed by atoms with Crippen LogP contribution >= 0.6 is 0 Å². The number of aryl methyl sites for hydroxylation is 1. The second-order valence-electron chi connectivity index (χ2n) is 7.33. The van der Waals surface area contributed by atoms with Crippen LogP contribution in [0, 0.1) is 6.92 Å². The number of fused-ring (bicyclic) bond motifs is 1. The number of hydrogen-bond donors (Lipinski definition) is 1. The molecule has 8 heteroatoms. The van der Waals surface area contributed by atoms with E-state index >= 15 is 0 Å². The van der Waals surface area contributed by atoms with E-state index in [0.29, 0.717) is 18.3 Å². The number of urea groups is 1. The molecular weight excluding hydrogens is 380 g/mol. The maximum atomic E-state index is 12.9. The van der Waals surface area contributed by atoms with Gasteiger partial charge in [0.2, 0.25) is 11.9 Å². The zero-order valence-electron chi connectivity index (χ0n) is 17.1. The Hall–Kier alpha value is -3.81. The molecule has 1 unspecified atom stereocenters. The van der Waals surface area contributed by atoms with Gasteiger partial charge in [-0.3, -0.25) is 14.6 Å². The summed E-state index contributed by atoms with van der Waals surface area (Å²) in [5, 5.41) is 4.29. The summed E-state index contributed by atoms with van der Waals surface area (Å²) >= 11 is 0. The van der Waals surface area contributed by atoms with Crippen molar-refractivity contribution in [2.24, 2.45) is 10.1 Å². The largest absolute Gasteiger partial charge is 0.414 e. The molecule has 0 bridgehead atoms. The van der Waals surface area contributed by atoms with Gasteiger partial charge in [-0.15, -0.1) is 5.10 Å². The van der Waals surface area contributed by atoms with Gasteiger partial charge in [0.25, 0.3) is 5.91 Å². The maximum absolute atomic E-state index is 12.9. The summed E-state index contributed by atoms with van der Waals surface area (Å²) in [7, 11) is 3.11. The quantitative estimate of drug-likeness (QED) is 0.480. The predicted molar refractivity (Wildman–Crippen MR) is 114 cm³/mol. The van der Waals surface area contributed by atoms with Gasteiger partial charge in [-0.1, -0.05) is 65.2 Å². The number of carbonyl (C=O) groups excluding carboxylic acids is 2. The van der Waals surface area contributed by atoms with Gasteiger partial charge in [-0.25, -0.2) is 9.37 Å². The average molecular weight is 403 g/mol. The lowest BCUT2D eigenvalue weighted by atomic mass is 10.1. The smallest absolute Gasteiger partial charge is 0.270 e. The fourth-order valence-corrected chi connectivity index (χ4v) is 3.45. The van der Waals surface area contributed by atoms with Crippen molar-refractivity contribution in [3.8, 4) is 0 Å². The van der Waals surface area contributed by atoms with Crippen LogP contribution in [-0.2, 0) is 11.3 Å². The lowest BCUT2D eigenvalue weighted by Crippen LogP contribution is -2.61. The fourth-order valence-electron chi connectivity index (χ4n) is 3.45. The second kappa shape index (κ2) is 7.90. The molecule has 0 aliphatic carbocycles. The molecular formula is C22H23N6O2+.